The molecule has 2 heterocycles. The standard InChI is InChI=1S/C20H16N2O3/c1-12-6-3-9-16-18(12)22-20(25-16)14-7-4-8-15(13(14)2)21-19(23)17-10-5-11-24-17/h3-11H,1-2H3,(H,21,23). The summed E-state index contributed by atoms with van der Waals surface area (Å²) < 4.78 is 11.0. The zero-order valence-corrected chi connectivity index (χ0v) is 13.9. The lowest BCUT2D eigenvalue weighted by atomic mass is 10.1. The van der Waals surface area contributed by atoms with Crippen LogP contribution in [0.1, 0.15) is 21.7 Å². The molecule has 0 fully saturated rings. The molecule has 124 valence electrons. The molecule has 0 saturated heterocycles. The highest BCUT2D eigenvalue weighted by Crippen LogP contribution is 2.31. The van der Waals surface area contributed by atoms with E-state index in [1.807, 2.05) is 50.2 Å². The fraction of sp³-hybridized carbons (Fsp3) is 0.100. The summed E-state index contributed by atoms with van der Waals surface area (Å²) in [6, 6.07) is 14.8. The van der Waals surface area contributed by atoms with E-state index in [0.717, 1.165) is 27.8 Å². The van der Waals surface area contributed by atoms with E-state index in [1.165, 1.54) is 6.26 Å². The molecule has 0 radical (unpaired) electrons. The van der Waals surface area contributed by atoms with Gasteiger partial charge in [-0.05, 0) is 55.3 Å². The minimum Gasteiger partial charge on any atom is -0.459 e. The second-order valence-electron chi connectivity index (χ2n) is 5.85. The Balaban J connectivity index is 1.73. The number of carbonyl (C=O) groups excluding carboxylic acids is 1. The molecule has 4 aromatic rings. The van der Waals surface area contributed by atoms with Gasteiger partial charge >= 0.3 is 0 Å². The molecule has 0 aliphatic heterocycles. The van der Waals surface area contributed by atoms with Crippen molar-refractivity contribution in [2.24, 2.45) is 0 Å². The average Bonchev–Trinajstić information content (AvgIpc) is 3.26. The van der Waals surface area contributed by atoms with E-state index in [1.54, 1.807) is 12.1 Å². The summed E-state index contributed by atoms with van der Waals surface area (Å²) in [5, 5.41) is 2.87. The molecule has 4 rings (SSSR count). The van der Waals surface area contributed by atoms with Crippen LogP contribution in [0.5, 0.6) is 0 Å². The lowest BCUT2D eigenvalue weighted by Crippen LogP contribution is -2.12. The predicted molar refractivity (Wildman–Crippen MR) is 95.6 cm³/mol. The Kier molecular flexibility index (Phi) is 3.61. The van der Waals surface area contributed by atoms with Gasteiger partial charge < -0.3 is 14.2 Å². The van der Waals surface area contributed by atoms with Gasteiger partial charge in [0.2, 0.25) is 5.89 Å². The largest absolute Gasteiger partial charge is 0.459 e. The second kappa shape index (κ2) is 5.94. The van der Waals surface area contributed by atoms with Gasteiger partial charge in [-0.15, -0.1) is 0 Å². The van der Waals surface area contributed by atoms with Gasteiger partial charge in [-0.1, -0.05) is 18.2 Å². The number of oxazole rings is 1. The van der Waals surface area contributed by atoms with E-state index in [4.69, 9.17) is 8.83 Å². The van der Waals surface area contributed by atoms with Gasteiger partial charge in [0, 0.05) is 11.3 Å². The van der Waals surface area contributed by atoms with Crippen LogP contribution in [0.2, 0.25) is 0 Å². The van der Waals surface area contributed by atoms with Crippen LogP contribution in [0.25, 0.3) is 22.6 Å². The first-order valence-electron chi connectivity index (χ1n) is 7.94. The number of aromatic nitrogens is 1. The molecule has 0 atom stereocenters. The maximum atomic E-state index is 12.2. The third-order valence-electron chi connectivity index (χ3n) is 4.18. The number of hydrogen-bond acceptors (Lipinski definition) is 4. The van der Waals surface area contributed by atoms with E-state index in [0.29, 0.717) is 11.6 Å². The monoisotopic (exact) mass is 332 g/mol. The maximum absolute atomic E-state index is 12.2. The molecule has 5 heteroatoms. The number of carbonyl (C=O) groups is 1. The van der Waals surface area contributed by atoms with E-state index in [9.17, 15) is 4.79 Å². The minimum absolute atomic E-state index is 0.266. The summed E-state index contributed by atoms with van der Waals surface area (Å²) in [5.41, 5.74) is 5.08. The Hall–Kier alpha value is -3.34. The van der Waals surface area contributed by atoms with Gasteiger partial charge in [-0.2, -0.15) is 0 Å². The van der Waals surface area contributed by atoms with Crippen molar-refractivity contribution in [1.29, 1.82) is 0 Å². The smallest absolute Gasteiger partial charge is 0.291 e. The fourth-order valence-electron chi connectivity index (χ4n) is 2.80. The second-order valence-corrected chi connectivity index (χ2v) is 5.85. The van der Waals surface area contributed by atoms with Crippen LogP contribution in [0.4, 0.5) is 5.69 Å². The SMILES string of the molecule is Cc1c(NC(=O)c2ccco2)cccc1-c1nc2c(C)cccc2o1. The third-order valence-corrected chi connectivity index (χ3v) is 4.18. The van der Waals surface area contributed by atoms with Crippen molar-refractivity contribution in [3.8, 4) is 11.5 Å². The summed E-state index contributed by atoms with van der Waals surface area (Å²) in [6.45, 7) is 3.93. The van der Waals surface area contributed by atoms with Crippen molar-refractivity contribution in [3.05, 3.63) is 71.7 Å². The molecule has 0 aliphatic carbocycles. The van der Waals surface area contributed by atoms with Gasteiger partial charge in [-0.3, -0.25) is 4.79 Å². The Morgan fingerprint density at radius 3 is 2.64 bits per heavy atom. The number of amides is 1. The molecule has 2 aromatic heterocycles. The predicted octanol–water partition coefficient (Wildman–Crippen LogP) is 4.96. The van der Waals surface area contributed by atoms with Crippen molar-refractivity contribution in [3.63, 3.8) is 0 Å². The maximum Gasteiger partial charge on any atom is 0.291 e. The highest BCUT2D eigenvalue weighted by Gasteiger charge is 2.16. The van der Waals surface area contributed by atoms with E-state index >= 15 is 0 Å². The molecule has 2 aromatic carbocycles. The van der Waals surface area contributed by atoms with Crippen LogP contribution in [0, 0.1) is 13.8 Å². The molecule has 25 heavy (non-hydrogen) atoms. The number of furan rings is 1. The van der Waals surface area contributed by atoms with E-state index in [-0.39, 0.29) is 11.7 Å². The first-order chi connectivity index (χ1) is 12.1. The summed E-state index contributed by atoms with van der Waals surface area (Å²) >= 11 is 0. The molecule has 0 bridgehead atoms. The number of benzene rings is 2. The van der Waals surface area contributed by atoms with E-state index in [2.05, 4.69) is 10.3 Å². The van der Waals surface area contributed by atoms with Crippen molar-refractivity contribution in [2.45, 2.75) is 13.8 Å². The highest BCUT2D eigenvalue weighted by atomic mass is 16.3. The van der Waals surface area contributed by atoms with Crippen molar-refractivity contribution in [2.75, 3.05) is 5.32 Å². The fourth-order valence-corrected chi connectivity index (χ4v) is 2.80. The van der Waals surface area contributed by atoms with Crippen LogP contribution < -0.4 is 5.32 Å². The van der Waals surface area contributed by atoms with Gasteiger partial charge in [0.05, 0.1) is 6.26 Å². The normalized spacial score (nSPS) is 11.0. The Morgan fingerprint density at radius 2 is 1.88 bits per heavy atom. The number of para-hydroxylation sites is 1. The Bertz CT molecular complexity index is 1060. The summed E-state index contributed by atoms with van der Waals surface area (Å²) in [5.74, 6) is 0.511. The van der Waals surface area contributed by atoms with Crippen LogP contribution in [-0.2, 0) is 0 Å². The average molecular weight is 332 g/mol. The number of anilines is 1. The highest BCUT2D eigenvalue weighted by molar-refractivity contribution is 6.03. The van der Waals surface area contributed by atoms with Crippen LogP contribution in [0.3, 0.4) is 0 Å². The molecular formula is C20H16N2O3. The molecular weight excluding hydrogens is 316 g/mol. The van der Waals surface area contributed by atoms with Crippen molar-refractivity contribution < 1.29 is 13.6 Å². The molecule has 0 unspecified atom stereocenters. The van der Waals surface area contributed by atoms with Crippen LogP contribution >= 0.6 is 0 Å². The Morgan fingerprint density at radius 1 is 1.04 bits per heavy atom. The summed E-state index contributed by atoms with van der Waals surface area (Å²) in [6.07, 6.45) is 1.47. The van der Waals surface area contributed by atoms with Gasteiger partial charge in [-0.25, -0.2) is 4.98 Å². The molecule has 1 N–H and O–H groups in total. The number of rotatable bonds is 3. The molecule has 1 amide bonds. The first kappa shape index (κ1) is 15.2. The lowest BCUT2D eigenvalue weighted by molar-refractivity contribution is 0.0996. The third kappa shape index (κ3) is 2.70. The van der Waals surface area contributed by atoms with Gasteiger partial charge in [0.1, 0.15) is 5.52 Å². The minimum atomic E-state index is -0.293. The molecule has 5 nitrogen and oxygen atoms in total. The zero-order valence-electron chi connectivity index (χ0n) is 13.9. The van der Waals surface area contributed by atoms with E-state index < -0.39 is 0 Å². The number of aryl methyl sites for hydroxylation is 1. The van der Waals surface area contributed by atoms with Gasteiger partial charge in [0.25, 0.3) is 5.91 Å². The van der Waals surface area contributed by atoms with Crippen molar-refractivity contribution >= 4 is 22.7 Å². The lowest BCUT2D eigenvalue weighted by Gasteiger charge is -2.09. The molecule has 0 aliphatic rings. The quantitative estimate of drug-likeness (QED) is 0.576. The Labute approximate surface area is 144 Å². The summed E-state index contributed by atoms with van der Waals surface area (Å²) in [4.78, 5) is 16.8. The molecule has 0 saturated carbocycles. The van der Waals surface area contributed by atoms with Gasteiger partial charge in [0.15, 0.2) is 11.3 Å². The number of fused-ring (bicyclic) bond motifs is 1. The first-order valence-corrected chi connectivity index (χ1v) is 7.94. The van der Waals surface area contributed by atoms with Crippen LogP contribution in [0.15, 0.2) is 63.6 Å². The zero-order chi connectivity index (χ0) is 17.4. The number of nitrogens with one attached hydrogen (secondary N) is 1. The molecule has 0 spiro atoms. The van der Waals surface area contributed by atoms with Crippen molar-refractivity contribution in [1.82, 2.24) is 4.98 Å². The number of hydrogen-bond donors (Lipinski definition) is 1. The number of nitrogens with zero attached hydrogens (tertiary/aromatic N) is 1. The topological polar surface area (TPSA) is 68.3 Å². The summed E-state index contributed by atoms with van der Waals surface area (Å²) in [7, 11) is 0. The van der Waals surface area contributed by atoms with Crippen LogP contribution in [-0.4, -0.2) is 10.9 Å².